The van der Waals surface area contributed by atoms with Gasteiger partial charge in [-0.25, -0.2) is 0 Å². The molecule has 6 heteroatoms. The lowest BCUT2D eigenvalue weighted by Gasteiger charge is -2.13. The van der Waals surface area contributed by atoms with E-state index < -0.39 is 6.10 Å². The van der Waals surface area contributed by atoms with Crippen LogP contribution in [-0.2, 0) is 13.0 Å². The van der Waals surface area contributed by atoms with Crippen LogP contribution in [0.25, 0.3) is 11.1 Å². The van der Waals surface area contributed by atoms with Gasteiger partial charge in [0, 0.05) is 29.0 Å². The maximum absolute atomic E-state index is 9.35. The number of nitrogens with one attached hydrogen (secondary N) is 1. The molecule has 0 saturated carbocycles. The lowest BCUT2D eigenvalue weighted by Crippen LogP contribution is -2.11. The fraction of sp³-hybridized carbons (Fsp3) is 0.200. The SMILES string of the molecule is CCc1ccc(Nc2ccc(OC)c(-c3ccccc3)c2)cc1.NCC(O)c1ccc(O)c(CO)c1. The topological polar surface area (TPSA) is 108 Å². The molecule has 0 bridgehead atoms. The molecular formula is C30H34N2O4. The second-order valence-electron chi connectivity index (χ2n) is 8.25. The van der Waals surface area contributed by atoms with Crippen LogP contribution in [0.2, 0.25) is 0 Å². The van der Waals surface area contributed by atoms with Crippen molar-refractivity contribution < 1.29 is 20.1 Å². The molecule has 0 heterocycles. The zero-order chi connectivity index (χ0) is 25.9. The maximum Gasteiger partial charge on any atom is 0.126 e. The summed E-state index contributed by atoms with van der Waals surface area (Å²) in [7, 11) is 1.71. The lowest BCUT2D eigenvalue weighted by atomic mass is 10.0. The Labute approximate surface area is 212 Å². The van der Waals surface area contributed by atoms with Crippen molar-refractivity contribution in [3.8, 4) is 22.6 Å². The Morgan fingerprint density at radius 2 is 1.58 bits per heavy atom. The van der Waals surface area contributed by atoms with Gasteiger partial charge in [-0.05, 0) is 65.6 Å². The quantitative estimate of drug-likeness (QED) is 0.224. The molecule has 0 aliphatic carbocycles. The van der Waals surface area contributed by atoms with Crippen molar-refractivity contribution in [3.63, 3.8) is 0 Å². The van der Waals surface area contributed by atoms with Gasteiger partial charge < -0.3 is 31.1 Å². The number of hydrogen-bond donors (Lipinski definition) is 5. The number of benzene rings is 4. The van der Waals surface area contributed by atoms with Crippen LogP contribution >= 0.6 is 0 Å². The number of aromatic hydroxyl groups is 1. The molecular weight excluding hydrogens is 452 g/mol. The van der Waals surface area contributed by atoms with E-state index >= 15 is 0 Å². The second-order valence-corrected chi connectivity index (χ2v) is 8.25. The highest BCUT2D eigenvalue weighted by atomic mass is 16.5. The molecule has 0 aliphatic heterocycles. The minimum atomic E-state index is -0.745. The third-order valence-electron chi connectivity index (χ3n) is 5.82. The zero-order valence-electron chi connectivity index (χ0n) is 20.7. The van der Waals surface area contributed by atoms with Crippen LogP contribution in [0.1, 0.15) is 29.7 Å². The van der Waals surface area contributed by atoms with Crippen molar-refractivity contribution in [2.75, 3.05) is 19.0 Å². The number of aryl methyl sites for hydroxylation is 1. The van der Waals surface area contributed by atoms with Crippen molar-refractivity contribution in [1.82, 2.24) is 0 Å². The summed E-state index contributed by atoms with van der Waals surface area (Å²) in [5.74, 6) is 0.901. The number of aliphatic hydroxyl groups excluding tert-OH is 2. The van der Waals surface area contributed by atoms with Crippen molar-refractivity contribution >= 4 is 11.4 Å². The Morgan fingerprint density at radius 3 is 2.19 bits per heavy atom. The van der Waals surface area contributed by atoms with Crippen molar-refractivity contribution in [2.24, 2.45) is 5.73 Å². The molecule has 0 amide bonds. The van der Waals surface area contributed by atoms with E-state index in [1.807, 2.05) is 30.3 Å². The van der Waals surface area contributed by atoms with Gasteiger partial charge in [-0.15, -0.1) is 0 Å². The number of nitrogens with two attached hydrogens (primary N) is 1. The second kappa shape index (κ2) is 13.3. The zero-order valence-corrected chi connectivity index (χ0v) is 20.7. The molecule has 4 aromatic rings. The predicted octanol–water partition coefficient (Wildman–Crippen LogP) is 5.54. The molecule has 0 fully saturated rings. The van der Waals surface area contributed by atoms with Crippen LogP contribution in [0.4, 0.5) is 11.4 Å². The number of phenols is 1. The molecule has 0 aliphatic rings. The molecule has 0 radical (unpaired) electrons. The summed E-state index contributed by atoms with van der Waals surface area (Å²) in [6.45, 7) is 2.03. The van der Waals surface area contributed by atoms with Gasteiger partial charge in [0.1, 0.15) is 11.5 Å². The fourth-order valence-electron chi connectivity index (χ4n) is 3.69. The number of ether oxygens (including phenoxy) is 1. The monoisotopic (exact) mass is 486 g/mol. The molecule has 188 valence electrons. The summed E-state index contributed by atoms with van der Waals surface area (Å²) in [5.41, 5.74) is 12.0. The number of hydrogen-bond acceptors (Lipinski definition) is 6. The largest absolute Gasteiger partial charge is 0.508 e. The molecule has 6 N–H and O–H groups in total. The van der Waals surface area contributed by atoms with E-state index in [9.17, 15) is 10.2 Å². The number of anilines is 2. The average Bonchev–Trinajstić information content (AvgIpc) is 2.94. The van der Waals surface area contributed by atoms with Crippen LogP contribution in [0.5, 0.6) is 11.5 Å². The molecule has 4 aromatic carbocycles. The molecule has 36 heavy (non-hydrogen) atoms. The van der Waals surface area contributed by atoms with Gasteiger partial charge in [-0.2, -0.15) is 0 Å². The Morgan fingerprint density at radius 1 is 0.889 bits per heavy atom. The molecule has 0 spiro atoms. The van der Waals surface area contributed by atoms with Crippen LogP contribution < -0.4 is 15.8 Å². The number of rotatable bonds is 8. The van der Waals surface area contributed by atoms with E-state index in [0.717, 1.165) is 34.7 Å². The van der Waals surface area contributed by atoms with Gasteiger partial charge in [0.05, 0.1) is 19.8 Å². The first-order chi connectivity index (χ1) is 17.5. The predicted molar refractivity (Wildman–Crippen MR) is 146 cm³/mol. The normalized spacial score (nSPS) is 11.2. The van der Waals surface area contributed by atoms with Gasteiger partial charge in [0.15, 0.2) is 0 Å². The van der Waals surface area contributed by atoms with Crippen molar-refractivity contribution in [1.29, 1.82) is 0 Å². The molecule has 0 saturated heterocycles. The minimum Gasteiger partial charge on any atom is -0.508 e. The third-order valence-corrected chi connectivity index (χ3v) is 5.82. The summed E-state index contributed by atoms with van der Waals surface area (Å²) in [5, 5.41) is 30.9. The first-order valence-electron chi connectivity index (χ1n) is 11.9. The van der Waals surface area contributed by atoms with Crippen LogP contribution in [-0.4, -0.2) is 29.0 Å². The highest BCUT2D eigenvalue weighted by Crippen LogP contribution is 2.33. The van der Waals surface area contributed by atoms with Crippen molar-refractivity contribution in [3.05, 3.63) is 108 Å². The highest BCUT2D eigenvalue weighted by molar-refractivity contribution is 5.76. The van der Waals surface area contributed by atoms with E-state index in [4.69, 9.17) is 15.6 Å². The van der Waals surface area contributed by atoms with Gasteiger partial charge in [-0.3, -0.25) is 0 Å². The standard InChI is InChI=1S/C21H21NO.C9H13NO3/c1-3-16-9-11-18(12-10-16)22-19-13-14-21(23-2)20(15-19)17-7-5-4-6-8-17;10-4-9(13)6-1-2-8(12)7(3-6)5-11/h4-15,22H,3H2,1-2H3;1-3,9,11-13H,4-5,10H2. The van der Waals surface area contributed by atoms with Crippen LogP contribution in [0.3, 0.4) is 0 Å². The van der Waals surface area contributed by atoms with E-state index in [2.05, 4.69) is 54.7 Å². The summed E-state index contributed by atoms with van der Waals surface area (Å²) in [6.07, 6.45) is 0.312. The Kier molecular flexibility index (Phi) is 9.89. The van der Waals surface area contributed by atoms with E-state index in [1.54, 1.807) is 13.2 Å². The highest BCUT2D eigenvalue weighted by Gasteiger charge is 2.08. The van der Waals surface area contributed by atoms with Crippen LogP contribution in [0.15, 0.2) is 91.0 Å². The summed E-state index contributed by atoms with van der Waals surface area (Å²) in [6, 6.07) is 29.6. The fourth-order valence-corrected chi connectivity index (χ4v) is 3.69. The summed E-state index contributed by atoms with van der Waals surface area (Å²) >= 11 is 0. The van der Waals surface area contributed by atoms with E-state index in [1.165, 1.54) is 17.7 Å². The first kappa shape index (κ1) is 26.8. The van der Waals surface area contributed by atoms with Crippen molar-refractivity contribution in [2.45, 2.75) is 26.1 Å². The smallest absolute Gasteiger partial charge is 0.126 e. The van der Waals surface area contributed by atoms with Gasteiger partial charge in [0.2, 0.25) is 0 Å². The van der Waals surface area contributed by atoms with Gasteiger partial charge in [0.25, 0.3) is 0 Å². The lowest BCUT2D eigenvalue weighted by molar-refractivity contribution is 0.186. The Bertz CT molecular complexity index is 1230. The molecule has 1 unspecified atom stereocenters. The molecule has 0 aromatic heterocycles. The average molecular weight is 487 g/mol. The maximum atomic E-state index is 9.35. The van der Waals surface area contributed by atoms with Gasteiger partial charge >= 0.3 is 0 Å². The molecule has 6 nitrogen and oxygen atoms in total. The Balaban J connectivity index is 0.000000236. The van der Waals surface area contributed by atoms with Crippen LogP contribution in [0, 0.1) is 0 Å². The van der Waals surface area contributed by atoms with E-state index in [0.29, 0.717) is 11.1 Å². The number of aliphatic hydroxyl groups is 2. The summed E-state index contributed by atoms with van der Waals surface area (Å²) < 4.78 is 5.51. The Hall–Kier alpha value is -3.84. The molecule has 4 rings (SSSR count). The third kappa shape index (κ3) is 7.09. The minimum absolute atomic E-state index is 0.0236. The first-order valence-corrected chi connectivity index (χ1v) is 11.9. The van der Waals surface area contributed by atoms with E-state index in [-0.39, 0.29) is 18.9 Å². The summed E-state index contributed by atoms with van der Waals surface area (Å²) in [4.78, 5) is 0. The molecule has 1 atom stereocenters. The number of methoxy groups -OCH3 is 1. The van der Waals surface area contributed by atoms with Gasteiger partial charge in [-0.1, -0.05) is 55.5 Å².